The molecule has 0 N–H and O–H groups in total. The third kappa shape index (κ3) is 2.64. The fraction of sp³-hybridized carbons (Fsp3) is 1.00. The summed E-state index contributed by atoms with van der Waals surface area (Å²) < 4.78 is 140. The fourth-order valence-corrected chi connectivity index (χ4v) is 1.28. The lowest BCUT2D eigenvalue weighted by Crippen LogP contribution is -2.66. The van der Waals surface area contributed by atoms with Gasteiger partial charge in [0, 0.05) is 13.0 Å². The van der Waals surface area contributed by atoms with E-state index in [-0.39, 0.29) is 0 Å². The molecule has 0 aromatic carbocycles. The zero-order valence-electron chi connectivity index (χ0n) is 8.93. The zero-order chi connectivity index (χ0) is 16.2. The van der Waals surface area contributed by atoms with E-state index in [9.17, 15) is 48.3 Å². The Hall–Kier alpha value is -0.850. The van der Waals surface area contributed by atoms with Gasteiger partial charge in [-0.3, -0.25) is 0 Å². The summed E-state index contributed by atoms with van der Waals surface area (Å²) in [6.07, 6.45) is -21.2. The smallest absolute Gasteiger partial charge is 0.244 e. The molecule has 1 rings (SSSR count). The molecule has 1 heterocycles. The molecule has 1 saturated heterocycles. The third-order valence-corrected chi connectivity index (χ3v) is 2.33. The Balaban J connectivity index is 3.32. The van der Waals surface area contributed by atoms with E-state index in [4.69, 9.17) is 0 Å². The lowest BCUT2D eigenvalue weighted by molar-refractivity contribution is -0.513. The van der Waals surface area contributed by atoms with Crippen LogP contribution in [0.2, 0.25) is 0 Å². The molecule has 1 aliphatic rings. The van der Waals surface area contributed by atoms with Crippen LogP contribution in [0, 0.1) is 0 Å². The Kier molecular flexibility index (Phi) is 3.72. The van der Waals surface area contributed by atoms with Gasteiger partial charge < -0.3 is 0 Å². The van der Waals surface area contributed by atoms with Crippen LogP contribution in [-0.2, 0) is 4.74 Å². The average Bonchev–Trinajstić information content (AvgIpc) is 2.10. The Labute approximate surface area is 103 Å². The highest BCUT2D eigenvalue weighted by Crippen LogP contribution is 2.51. The van der Waals surface area contributed by atoms with Crippen molar-refractivity contribution in [1.29, 1.82) is 0 Å². The number of rotatable bonds is 0. The molecule has 0 bridgehead atoms. The summed E-state index contributed by atoms with van der Waals surface area (Å²) in [5.41, 5.74) is 0. The maximum absolute atomic E-state index is 12.9. The van der Waals surface area contributed by atoms with Crippen molar-refractivity contribution in [3.05, 3.63) is 0 Å². The lowest BCUT2D eigenvalue weighted by Gasteiger charge is -2.41. The number of nitrogens with zero attached hydrogens (tertiary/aromatic N) is 1. The van der Waals surface area contributed by atoms with Crippen LogP contribution >= 0.6 is 0 Å². The van der Waals surface area contributed by atoms with Gasteiger partial charge in [-0.25, -0.2) is 4.74 Å². The van der Waals surface area contributed by atoms with Crippen LogP contribution in [-0.4, -0.2) is 41.9 Å². The Bertz CT molecular complexity index is 375. The van der Waals surface area contributed by atoms with E-state index in [0.717, 1.165) is 0 Å². The van der Waals surface area contributed by atoms with E-state index in [1.54, 1.807) is 0 Å². The minimum absolute atomic E-state index is 2.01. The Morgan fingerprint density at radius 2 is 1.25 bits per heavy atom. The van der Waals surface area contributed by atoms with Crippen molar-refractivity contribution >= 4 is 0 Å². The van der Waals surface area contributed by atoms with Gasteiger partial charge in [0.25, 0.3) is 0 Å². The highest BCUT2D eigenvalue weighted by molar-refractivity contribution is 4.89. The van der Waals surface area contributed by atoms with E-state index >= 15 is 0 Å². The van der Waals surface area contributed by atoms with Crippen molar-refractivity contribution in [2.75, 3.05) is 6.54 Å². The number of alkyl halides is 11. The molecule has 1 aliphatic heterocycles. The molecular formula is C7H4F11NO. The molecule has 0 aromatic rings. The minimum Gasteiger partial charge on any atom is -0.244 e. The zero-order valence-corrected chi connectivity index (χ0v) is 8.93. The predicted molar refractivity (Wildman–Crippen MR) is 38.3 cm³/mol. The lowest BCUT2D eigenvalue weighted by atomic mass is 10.2. The summed E-state index contributed by atoms with van der Waals surface area (Å²) in [5.74, 6) is -5.49. The van der Waals surface area contributed by atoms with Gasteiger partial charge in [-0.2, -0.15) is 48.3 Å². The second-order valence-electron chi connectivity index (χ2n) is 3.75. The molecule has 0 aliphatic carbocycles. The standard InChI is InChI=1S/C7H4F11NO/c8-3(9)1-2-19(7(16,17)18)4(10,11)6(14,15)20-5(3,12)13/h1-2H2. The molecule has 120 valence electrons. The van der Waals surface area contributed by atoms with Gasteiger partial charge in [-0.15, -0.1) is 4.90 Å². The predicted octanol–water partition coefficient (Wildman–Crippen LogP) is 3.64. The van der Waals surface area contributed by atoms with Gasteiger partial charge in [-0.1, -0.05) is 0 Å². The van der Waals surface area contributed by atoms with Crippen LogP contribution in [0.25, 0.3) is 0 Å². The molecule has 2 nitrogen and oxygen atoms in total. The van der Waals surface area contributed by atoms with Crippen molar-refractivity contribution in [1.82, 2.24) is 4.90 Å². The van der Waals surface area contributed by atoms with Crippen LogP contribution in [0.1, 0.15) is 6.42 Å². The van der Waals surface area contributed by atoms with Crippen molar-refractivity contribution in [3.63, 3.8) is 0 Å². The first kappa shape index (κ1) is 17.2. The quantitative estimate of drug-likeness (QED) is 0.497. The van der Waals surface area contributed by atoms with E-state index in [1.165, 1.54) is 0 Å². The summed E-state index contributed by atoms with van der Waals surface area (Å²) in [6, 6.07) is -6.29. The van der Waals surface area contributed by atoms with Crippen molar-refractivity contribution in [2.45, 2.75) is 36.9 Å². The van der Waals surface area contributed by atoms with E-state index in [1.807, 2.05) is 4.74 Å². The minimum atomic E-state index is -6.49. The molecule has 0 radical (unpaired) electrons. The first-order chi connectivity index (χ1) is 8.55. The van der Waals surface area contributed by atoms with Crippen LogP contribution in [0.4, 0.5) is 48.3 Å². The van der Waals surface area contributed by atoms with E-state index in [2.05, 4.69) is 0 Å². The van der Waals surface area contributed by atoms with Gasteiger partial charge in [-0.05, 0) is 0 Å². The van der Waals surface area contributed by atoms with Gasteiger partial charge in [0.2, 0.25) is 0 Å². The molecular weight excluding hydrogens is 323 g/mol. The molecule has 0 amide bonds. The number of hydrogen-bond acceptors (Lipinski definition) is 2. The van der Waals surface area contributed by atoms with E-state index in [0.29, 0.717) is 0 Å². The summed E-state index contributed by atoms with van der Waals surface area (Å²) in [4.78, 5) is -2.27. The molecule has 20 heavy (non-hydrogen) atoms. The van der Waals surface area contributed by atoms with Crippen molar-refractivity contribution < 1.29 is 53.0 Å². The largest absolute Gasteiger partial charge is 0.464 e. The first-order valence-corrected chi connectivity index (χ1v) is 4.60. The van der Waals surface area contributed by atoms with Crippen LogP contribution in [0.15, 0.2) is 0 Å². The molecule has 1 fully saturated rings. The second kappa shape index (κ2) is 4.32. The Morgan fingerprint density at radius 3 is 1.65 bits per heavy atom. The number of halogens is 11. The topological polar surface area (TPSA) is 12.5 Å². The van der Waals surface area contributed by atoms with Crippen molar-refractivity contribution in [3.8, 4) is 0 Å². The Morgan fingerprint density at radius 1 is 0.800 bits per heavy atom. The van der Waals surface area contributed by atoms with Gasteiger partial charge in [0.05, 0.1) is 0 Å². The average molecular weight is 327 g/mol. The maximum atomic E-state index is 12.9. The summed E-state index contributed by atoms with van der Waals surface area (Å²) in [6.45, 7) is -2.47. The number of hydrogen-bond donors (Lipinski definition) is 0. The van der Waals surface area contributed by atoms with Gasteiger partial charge >= 0.3 is 30.5 Å². The SMILES string of the molecule is FC(F)(F)N1CCC(F)(F)C(F)(F)OC(F)(F)C1(F)F. The summed E-state index contributed by atoms with van der Waals surface area (Å²) in [5, 5.41) is 0. The first-order valence-electron chi connectivity index (χ1n) is 4.60. The molecule has 13 heteroatoms. The van der Waals surface area contributed by atoms with E-state index < -0.39 is 48.4 Å². The van der Waals surface area contributed by atoms with Gasteiger partial charge in [0.1, 0.15) is 0 Å². The van der Waals surface area contributed by atoms with Crippen molar-refractivity contribution in [2.24, 2.45) is 0 Å². The monoisotopic (exact) mass is 327 g/mol. The van der Waals surface area contributed by atoms with Gasteiger partial charge in [0.15, 0.2) is 0 Å². The molecule has 0 unspecified atom stereocenters. The third-order valence-electron chi connectivity index (χ3n) is 2.33. The summed E-state index contributed by atoms with van der Waals surface area (Å²) in [7, 11) is 0. The molecule has 0 spiro atoms. The highest BCUT2D eigenvalue weighted by atomic mass is 19.4. The number of ether oxygens (including phenoxy) is 1. The molecule has 0 aromatic heterocycles. The van der Waals surface area contributed by atoms with Crippen LogP contribution < -0.4 is 0 Å². The maximum Gasteiger partial charge on any atom is 0.464 e. The van der Waals surface area contributed by atoms with Crippen LogP contribution in [0.5, 0.6) is 0 Å². The normalized spacial score (nSPS) is 29.6. The highest BCUT2D eigenvalue weighted by Gasteiger charge is 2.75. The molecule has 0 atom stereocenters. The second-order valence-corrected chi connectivity index (χ2v) is 3.75. The molecule has 0 saturated carbocycles. The fourth-order valence-electron chi connectivity index (χ4n) is 1.28. The van der Waals surface area contributed by atoms with Crippen LogP contribution in [0.3, 0.4) is 0 Å². The summed E-state index contributed by atoms with van der Waals surface area (Å²) >= 11 is 0.